The molecule has 1 atom stereocenters. The topological polar surface area (TPSA) is 59.2 Å². The fraction of sp³-hybridized carbons (Fsp3) is 0.286. The highest BCUT2D eigenvalue weighted by atomic mass is 16.5. The van der Waals surface area contributed by atoms with Crippen LogP contribution >= 0.6 is 0 Å². The lowest BCUT2D eigenvalue weighted by molar-refractivity contribution is 0.0710. The maximum Gasteiger partial charge on any atom is 0.254 e. The number of aryl methyl sites for hydroxylation is 2. The van der Waals surface area contributed by atoms with E-state index in [-0.39, 0.29) is 11.9 Å². The third-order valence-electron chi connectivity index (χ3n) is 5.03. The van der Waals surface area contributed by atoms with Crippen molar-refractivity contribution in [2.45, 2.75) is 32.7 Å². The molecule has 0 aliphatic carbocycles. The van der Waals surface area contributed by atoms with Crippen molar-refractivity contribution < 1.29 is 9.32 Å². The number of carbonyl (C=O) groups is 1. The van der Waals surface area contributed by atoms with E-state index in [4.69, 9.17) is 4.52 Å². The van der Waals surface area contributed by atoms with Crippen molar-refractivity contribution in [3.05, 3.63) is 71.1 Å². The molecular formula is C21H21N3O2. The molecule has 0 radical (unpaired) electrons. The highest BCUT2D eigenvalue weighted by molar-refractivity contribution is 5.95. The van der Waals surface area contributed by atoms with Gasteiger partial charge in [-0.3, -0.25) is 4.79 Å². The molecule has 0 spiro atoms. The minimum atomic E-state index is -0.158. The number of amides is 1. The van der Waals surface area contributed by atoms with Crippen molar-refractivity contribution in [1.82, 2.24) is 15.0 Å². The van der Waals surface area contributed by atoms with Gasteiger partial charge in [0, 0.05) is 17.7 Å². The Labute approximate surface area is 152 Å². The molecule has 4 rings (SSSR count). The molecule has 3 aromatic rings. The third-order valence-corrected chi connectivity index (χ3v) is 5.03. The van der Waals surface area contributed by atoms with Crippen molar-refractivity contribution >= 4 is 5.91 Å². The largest absolute Gasteiger partial charge is 0.337 e. The number of hydrogen-bond acceptors (Lipinski definition) is 4. The smallest absolute Gasteiger partial charge is 0.254 e. The van der Waals surface area contributed by atoms with Crippen LogP contribution < -0.4 is 0 Å². The molecule has 1 aliphatic heterocycles. The average Bonchev–Trinajstić information content (AvgIpc) is 3.33. The molecular weight excluding hydrogens is 326 g/mol. The molecule has 1 aliphatic rings. The van der Waals surface area contributed by atoms with Gasteiger partial charge in [0.05, 0.1) is 0 Å². The molecule has 5 heteroatoms. The molecule has 2 heterocycles. The van der Waals surface area contributed by atoms with Crippen molar-refractivity contribution in [1.29, 1.82) is 0 Å². The van der Waals surface area contributed by atoms with Gasteiger partial charge in [0.25, 0.3) is 5.91 Å². The summed E-state index contributed by atoms with van der Waals surface area (Å²) in [7, 11) is 0. The molecule has 2 aromatic carbocycles. The lowest BCUT2D eigenvalue weighted by atomic mass is 10.1. The lowest BCUT2D eigenvalue weighted by Crippen LogP contribution is -2.30. The van der Waals surface area contributed by atoms with E-state index in [1.807, 2.05) is 67.3 Å². The quantitative estimate of drug-likeness (QED) is 0.707. The van der Waals surface area contributed by atoms with Crippen LogP contribution in [0.4, 0.5) is 0 Å². The zero-order valence-electron chi connectivity index (χ0n) is 15.0. The SMILES string of the molecule is Cc1ccc(C(=O)N2CCC[C@H]2c2nc(-c3ccccc3)no2)cc1C. The molecule has 1 aromatic heterocycles. The molecule has 1 amide bonds. The Balaban J connectivity index is 1.60. The van der Waals surface area contributed by atoms with Gasteiger partial charge in [-0.25, -0.2) is 0 Å². The summed E-state index contributed by atoms with van der Waals surface area (Å²) in [6.07, 6.45) is 1.78. The summed E-state index contributed by atoms with van der Waals surface area (Å²) < 4.78 is 5.51. The first-order valence-corrected chi connectivity index (χ1v) is 8.91. The Hall–Kier alpha value is -2.95. The highest BCUT2D eigenvalue weighted by Crippen LogP contribution is 2.33. The van der Waals surface area contributed by atoms with Crippen LogP contribution in [-0.2, 0) is 0 Å². The molecule has 0 unspecified atom stereocenters. The van der Waals surface area contributed by atoms with Crippen LogP contribution in [0.2, 0.25) is 0 Å². The van der Waals surface area contributed by atoms with Gasteiger partial charge < -0.3 is 9.42 Å². The second kappa shape index (κ2) is 6.75. The van der Waals surface area contributed by atoms with Gasteiger partial charge in [-0.05, 0) is 49.9 Å². The minimum Gasteiger partial charge on any atom is -0.337 e. The van der Waals surface area contributed by atoms with E-state index in [2.05, 4.69) is 10.1 Å². The number of rotatable bonds is 3. The number of benzene rings is 2. The fourth-order valence-corrected chi connectivity index (χ4v) is 3.38. The van der Waals surface area contributed by atoms with Crippen molar-refractivity contribution in [2.75, 3.05) is 6.54 Å². The summed E-state index contributed by atoms with van der Waals surface area (Å²) in [5.74, 6) is 1.10. The Morgan fingerprint density at radius 1 is 1.12 bits per heavy atom. The minimum absolute atomic E-state index is 0.0232. The average molecular weight is 347 g/mol. The van der Waals surface area contributed by atoms with E-state index in [1.54, 1.807) is 0 Å². The van der Waals surface area contributed by atoms with E-state index in [0.717, 1.165) is 24.0 Å². The van der Waals surface area contributed by atoms with Crippen molar-refractivity contribution in [3.63, 3.8) is 0 Å². The molecule has 1 saturated heterocycles. The Morgan fingerprint density at radius 2 is 1.92 bits per heavy atom. The van der Waals surface area contributed by atoms with Gasteiger partial charge in [0.1, 0.15) is 6.04 Å². The lowest BCUT2D eigenvalue weighted by Gasteiger charge is -2.22. The van der Waals surface area contributed by atoms with E-state index < -0.39 is 0 Å². The Bertz CT molecular complexity index is 933. The first kappa shape index (κ1) is 16.5. The van der Waals surface area contributed by atoms with Crippen LogP contribution in [0.15, 0.2) is 53.1 Å². The fourth-order valence-electron chi connectivity index (χ4n) is 3.38. The van der Waals surface area contributed by atoms with Crippen LogP contribution in [0.25, 0.3) is 11.4 Å². The molecule has 0 N–H and O–H groups in total. The number of hydrogen-bond donors (Lipinski definition) is 0. The standard InChI is InChI=1S/C21H21N3O2/c1-14-10-11-17(13-15(14)2)21(25)24-12-6-9-18(24)20-22-19(23-26-20)16-7-4-3-5-8-16/h3-5,7-8,10-11,13,18H,6,9,12H2,1-2H3/t18-/m0/s1. The summed E-state index contributed by atoms with van der Waals surface area (Å²) in [5.41, 5.74) is 3.93. The molecule has 26 heavy (non-hydrogen) atoms. The first-order chi connectivity index (χ1) is 12.6. The zero-order chi connectivity index (χ0) is 18.1. The molecule has 132 valence electrons. The summed E-state index contributed by atoms with van der Waals surface area (Å²) in [6, 6.07) is 15.4. The van der Waals surface area contributed by atoms with Crippen LogP contribution in [-0.4, -0.2) is 27.5 Å². The predicted octanol–water partition coefficient (Wildman–Crippen LogP) is 4.33. The van der Waals surface area contributed by atoms with Gasteiger partial charge >= 0.3 is 0 Å². The maximum absolute atomic E-state index is 13.0. The predicted molar refractivity (Wildman–Crippen MR) is 98.7 cm³/mol. The molecule has 5 nitrogen and oxygen atoms in total. The number of aromatic nitrogens is 2. The van der Waals surface area contributed by atoms with Crippen molar-refractivity contribution in [3.8, 4) is 11.4 Å². The van der Waals surface area contributed by atoms with Crippen molar-refractivity contribution in [2.24, 2.45) is 0 Å². The molecule has 0 saturated carbocycles. The second-order valence-corrected chi connectivity index (χ2v) is 6.78. The van der Waals surface area contributed by atoms with Gasteiger partial charge in [-0.2, -0.15) is 4.98 Å². The van der Waals surface area contributed by atoms with E-state index in [0.29, 0.717) is 23.8 Å². The van der Waals surface area contributed by atoms with Gasteiger partial charge in [-0.1, -0.05) is 41.6 Å². The van der Waals surface area contributed by atoms with Crippen LogP contribution in [0.1, 0.15) is 46.3 Å². The summed E-state index contributed by atoms with van der Waals surface area (Å²) in [6.45, 7) is 4.78. The monoisotopic (exact) mass is 347 g/mol. The summed E-state index contributed by atoms with van der Waals surface area (Å²) in [4.78, 5) is 19.4. The molecule has 0 bridgehead atoms. The van der Waals surface area contributed by atoms with Gasteiger partial charge in [-0.15, -0.1) is 0 Å². The number of likely N-dealkylation sites (tertiary alicyclic amines) is 1. The third kappa shape index (κ3) is 3.01. The van der Waals surface area contributed by atoms with Crippen LogP contribution in [0.3, 0.4) is 0 Å². The Morgan fingerprint density at radius 3 is 2.69 bits per heavy atom. The van der Waals surface area contributed by atoms with E-state index in [1.165, 1.54) is 5.56 Å². The first-order valence-electron chi connectivity index (χ1n) is 8.91. The van der Waals surface area contributed by atoms with E-state index in [9.17, 15) is 4.79 Å². The summed E-state index contributed by atoms with van der Waals surface area (Å²) in [5, 5.41) is 4.10. The maximum atomic E-state index is 13.0. The zero-order valence-corrected chi connectivity index (χ0v) is 15.0. The Kier molecular flexibility index (Phi) is 4.29. The van der Waals surface area contributed by atoms with E-state index >= 15 is 0 Å². The second-order valence-electron chi connectivity index (χ2n) is 6.78. The van der Waals surface area contributed by atoms with Crippen LogP contribution in [0.5, 0.6) is 0 Å². The highest BCUT2D eigenvalue weighted by Gasteiger charge is 2.34. The normalized spacial score (nSPS) is 16.8. The van der Waals surface area contributed by atoms with Gasteiger partial charge in [0.2, 0.25) is 11.7 Å². The number of nitrogens with zero attached hydrogens (tertiary/aromatic N) is 3. The van der Waals surface area contributed by atoms with Gasteiger partial charge in [0.15, 0.2) is 0 Å². The summed E-state index contributed by atoms with van der Waals surface area (Å²) >= 11 is 0. The number of carbonyl (C=O) groups excluding carboxylic acids is 1. The molecule has 1 fully saturated rings. The van der Waals surface area contributed by atoms with Crippen LogP contribution in [0, 0.1) is 13.8 Å².